The number of aryl methyl sites for hydroxylation is 4. The third kappa shape index (κ3) is 3.22. The minimum Gasteiger partial charge on any atom is -0.355 e. The molecule has 150 valence electrons. The molecule has 5 rings (SSSR count). The van der Waals surface area contributed by atoms with Crippen LogP contribution in [0, 0.1) is 26.7 Å². The van der Waals surface area contributed by atoms with Crippen LogP contribution >= 0.6 is 0 Å². The lowest BCUT2D eigenvalue weighted by atomic mass is 9.99. The zero-order chi connectivity index (χ0) is 20.1. The van der Waals surface area contributed by atoms with Gasteiger partial charge in [0.25, 0.3) is 5.56 Å². The molecule has 29 heavy (non-hydrogen) atoms. The highest BCUT2D eigenvalue weighted by Crippen LogP contribution is 2.32. The summed E-state index contributed by atoms with van der Waals surface area (Å²) in [5.41, 5.74) is 4.39. The summed E-state index contributed by atoms with van der Waals surface area (Å²) >= 11 is 0. The highest BCUT2D eigenvalue weighted by atomic mass is 16.1. The predicted molar refractivity (Wildman–Crippen MR) is 110 cm³/mol. The Hall–Kier alpha value is -3.03. The van der Waals surface area contributed by atoms with Gasteiger partial charge in [-0.2, -0.15) is 5.10 Å². The SMILES string of the molecule is Cc1cc(C)n(-c2ccc(=O)n(CC3CN(c4nc(C)nc5c4CCC5)C3)n2)n1. The van der Waals surface area contributed by atoms with Crippen LogP contribution in [0.5, 0.6) is 0 Å². The lowest BCUT2D eigenvalue weighted by Gasteiger charge is -2.41. The Bertz CT molecular complexity index is 1140. The van der Waals surface area contributed by atoms with Crippen molar-refractivity contribution in [3.05, 3.63) is 57.0 Å². The summed E-state index contributed by atoms with van der Waals surface area (Å²) in [5.74, 6) is 3.00. The molecule has 3 aromatic rings. The van der Waals surface area contributed by atoms with Crippen LogP contribution in [0.1, 0.15) is 34.9 Å². The first kappa shape index (κ1) is 18.0. The van der Waals surface area contributed by atoms with Crippen LogP contribution < -0.4 is 10.5 Å². The fourth-order valence-electron chi connectivity index (χ4n) is 4.44. The molecule has 3 aromatic heterocycles. The number of hydrogen-bond donors (Lipinski definition) is 0. The molecular formula is C21H25N7O. The van der Waals surface area contributed by atoms with Crippen molar-refractivity contribution in [3.63, 3.8) is 0 Å². The molecular weight excluding hydrogens is 366 g/mol. The maximum atomic E-state index is 12.4. The van der Waals surface area contributed by atoms with E-state index in [0.717, 1.165) is 55.4 Å². The molecule has 0 atom stereocenters. The number of nitrogens with zero attached hydrogens (tertiary/aromatic N) is 7. The maximum absolute atomic E-state index is 12.4. The van der Waals surface area contributed by atoms with Gasteiger partial charge in [-0.15, -0.1) is 5.10 Å². The van der Waals surface area contributed by atoms with Gasteiger partial charge >= 0.3 is 0 Å². The van der Waals surface area contributed by atoms with Gasteiger partial charge in [0.1, 0.15) is 11.6 Å². The van der Waals surface area contributed by atoms with Gasteiger partial charge in [-0.1, -0.05) is 0 Å². The van der Waals surface area contributed by atoms with E-state index >= 15 is 0 Å². The van der Waals surface area contributed by atoms with E-state index in [4.69, 9.17) is 4.98 Å². The summed E-state index contributed by atoms with van der Waals surface area (Å²) in [5, 5.41) is 9.04. The smallest absolute Gasteiger partial charge is 0.266 e. The van der Waals surface area contributed by atoms with Crippen molar-refractivity contribution in [2.45, 2.75) is 46.6 Å². The molecule has 1 fully saturated rings. The summed E-state index contributed by atoms with van der Waals surface area (Å²) in [6, 6.07) is 5.32. The lowest BCUT2D eigenvalue weighted by Crippen LogP contribution is -2.50. The molecule has 1 saturated heterocycles. The average molecular weight is 391 g/mol. The Kier molecular flexibility index (Phi) is 4.22. The minimum atomic E-state index is -0.0764. The molecule has 0 aromatic carbocycles. The van der Waals surface area contributed by atoms with Gasteiger partial charge in [0.15, 0.2) is 5.82 Å². The summed E-state index contributed by atoms with van der Waals surface area (Å²) < 4.78 is 3.36. The highest BCUT2D eigenvalue weighted by Gasteiger charge is 2.32. The van der Waals surface area contributed by atoms with Crippen molar-refractivity contribution < 1.29 is 0 Å². The maximum Gasteiger partial charge on any atom is 0.266 e. The van der Waals surface area contributed by atoms with Crippen molar-refractivity contribution in [2.75, 3.05) is 18.0 Å². The van der Waals surface area contributed by atoms with E-state index in [0.29, 0.717) is 18.3 Å². The van der Waals surface area contributed by atoms with Crippen molar-refractivity contribution in [2.24, 2.45) is 5.92 Å². The molecule has 2 aliphatic rings. The standard InChI is InChI=1S/C21H25N7O/c1-13-9-14(2)28(24-13)19-7-8-20(29)27(25-19)12-16-10-26(11-16)21-17-5-4-6-18(17)22-15(3)23-21/h7-9,16H,4-6,10-12H2,1-3H3. The van der Waals surface area contributed by atoms with Gasteiger partial charge in [-0.3, -0.25) is 4.79 Å². The Morgan fingerprint density at radius 1 is 1.07 bits per heavy atom. The summed E-state index contributed by atoms with van der Waals surface area (Å²) in [7, 11) is 0. The van der Waals surface area contributed by atoms with E-state index in [1.165, 1.54) is 11.3 Å². The molecule has 0 unspecified atom stereocenters. The Labute approximate surface area is 169 Å². The normalized spacial score (nSPS) is 16.2. The molecule has 0 radical (unpaired) electrons. The molecule has 1 aliphatic carbocycles. The summed E-state index contributed by atoms with van der Waals surface area (Å²) in [6.45, 7) is 8.29. The molecule has 0 bridgehead atoms. The van der Waals surface area contributed by atoms with Crippen LogP contribution in [0.3, 0.4) is 0 Å². The molecule has 0 amide bonds. The third-order valence-electron chi connectivity index (χ3n) is 5.79. The van der Waals surface area contributed by atoms with E-state index < -0.39 is 0 Å². The lowest BCUT2D eigenvalue weighted by molar-refractivity contribution is 0.331. The number of rotatable bonds is 4. The van der Waals surface area contributed by atoms with Crippen LogP contribution in [0.15, 0.2) is 23.0 Å². The third-order valence-corrected chi connectivity index (χ3v) is 5.79. The predicted octanol–water partition coefficient (Wildman–Crippen LogP) is 1.77. The Morgan fingerprint density at radius 3 is 2.66 bits per heavy atom. The zero-order valence-corrected chi connectivity index (χ0v) is 17.1. The van der Waals surface area contributed by atoms with Crippen LogP contribution in [0.2, 0.25) is 0 Å². The molecule has 1 aliphatic heterocycles. The van der Waals surface area contributed by atoms with Crippen molar-refractivity contribution in [3.8, 4) is 5.82 Å². The van der Waals surface area contributed by atoms with Gasteiger partial charge in [-0.05, 0) is 52.2 Å². The topological polar surface area (TPSA) is 81.7 Å². The van der Waals surface area contributed by atoms with Gasteiger partial charge in [0, 0.05) is 42.0 Å². The second kappa shape index (κ2) is 6.79. The fraction of sp³-hybridized carbons (Fsp3) is 0.476. The van der Waals surface area contributed by atoms with Gasteiger partial charge in [0.2, 0.25) is 0 Å². The van der Waals surface area contributed by atoms with Crippen LogP contribution in [-0.4, -0.2) is 42.6 Å². The number of anilines is 1. The molecule has 8 heteroatoms. The van der Waals surface area contributed by atoms with Gasteiger partial charge in [0.05, 0.1) is 12.2 Å². The molecule has 4 heterocycles. The quantitative estimate of drug-likeness (QED) is 0.674. The van der Waals surface area contributed by atoms with E-state index in [9.17, 15) is 4.79 Å². The van der Waals surface area contributed by atoms with Crippen molar-refractivity contribution in [1.82, 2.24) is 29.5 Å². The first-order valence-electron chi connectivity index (χ1n) is 10.2. The first-order chi connectivity index (χ1) is 14.0. The molecule has 0 N–H and O–H groups in total. The first-order valence-corrected chi connectivity index (χ1v) is 10.2. The number of hydrogen-bond acceptors (Lipinski definition) is 6. The van der Waals surface area contributed by atoms with Crippen LogP contribution in [-0.2, 0) is 19.4 Å². The van der Waals surface area contributed by atoms with Gasteiger partial charge in [-0.25, -0.2) is 19.3 Å². The largest absolute Gasteiger partial charge is 0.355 e. The zero-order valence-electron chi connectivity index (χ0n) is 17.1. The Morgan fingerprint density at radius 2 is 1.90 bits per heavy atom. The minimum absolute atomic E-state index is 0.0764. The highest BCUT2D eigenvalue weighted by molar-refractivity contribution is 5.53. The van der Waals surface area contributed by atoms with Crippen molar-refractivity contribution >= 4 is 5.82 Å². The number of fused-ring (bicyclic) bond motifs is 1. The second-order valence-corrected chi connectivity index (χ2v) is 8.20. The fourth-order valence-corrected chi connectivity index (χ4v) is 4.44. The molecule has 0 saturated carbocycles. The van der Waals surface area contributed by atoms with E-state index in [-0.39, 0.29) is 5.56 Å². The molecule has 0 spiro atoms. The van der Waals surface area contributed by atoms with Crippen molar-refractivity contribution in [1.29, 1.82) is 0 Å². The van der Waals surface area contributed by atoms with E-state index in [2.05, 4.69) is 20.1 Å². The monoisotopic (exact) mass is 391 g/mol. The average Bonchev–Trinajstić information content (AvgIpc) is 3.24. The summed E-state index contributed by atoms with van der Waals surface area (Å²) in [6.07, 6.45) is 3.29. The molecule has 8 nitrogen and oxygen atoms in total. The number of aromatic nitrogens is 6. The summed E-state index contributed by atoms with van der Waals surface area (Å²) in [4.78, 5) is 24.0. The van der Waals surface area contributed by atoms with Crippen LogP contribution in [0.4, 0.5) is 5.82 Å². The second-order valence-electron chi connectivity index (χ2n) is 8.20. The van der Waals surface area contributed by atoms with Crippen LogP contribution in [0.25, 0.3) is 5.82 Å². The van der Waals surface area contributed by atoms with E-state index in [1.807, 2.05) is 26.8 Å². The van der Waals surface area contributed by atoms with E-state index in [1.54, 1.807) is 21.5 Å². The van der Waals surface area contributed by atoms with Gasteiger partial charge < -0.3 is 4.90 Å². The Balaban J connectivity index is 1.33.